The standard InChI is InChI=1S/C19H30FN5.HI/c1-6-22-19(23-9-10-25(14(2)3)15(4)5)24-13-17-11-16(12-21)7-8-18(17)20;/h7-8,11,14-15H,6,9-10,13H2,1-5H3,(H2,22,23,24);1H. The molecule has 26 heavy (non-hydrogen) atoms. The van der Waals surface area contributed by atoms with E-state index >= 15 is 0 Å². The molecule has 0 aliphatic heterocycles. The fraction of sp³-hybridized carbons (Fsp3) is 0.579. The Morgan fingerprint density at radius 1 is 1.23 bits per heavy atom. The molecule has 0 saturated carbocycles. The van der Waals surface area contributed by atoms with Gasteiger partial charge in [-0.05, 0) is 52.8 Å². The summed E-state index contributed by atoms with van der Waals surface area (Å²) >= 11 is 0. The van der Waals surface area contributed by atoms with Crippen LogP contribution < -0.4 is 10.6 Å². The summed E-state index contributed by atoms with van der Waals surface area (Å²) in [5.74, 6) is 0.307. The van der Waals surface area contributed by atoms with Crippen LogP contribution in [0.2, 0.25) is 0 Å². The lowest BCUT2D eigenvalue weighted by Gasteiger charge is -2.30. The van der Waals surface area contributed by atoms with Crippen LogP contribution in [0.1, 0.15) is 45.7 Å². The molecular formula is C19H31FIN5. The van der Waals surface area contributed by atoms with Crippen molar-refractivity contribution in [2.45, 2.75) is 53.2 Å². The molecule has 1 aromatic carbocycles. The molecule has 0 radical (unpaired) electrons. The minimum Gasteiger partial charge on any atom is -0.357 e. The van der Waals surface area contributed by atoms with E-state index in [-0.39, 0.29) is 36.3 Å². The normalized spacial score (nSPS) is 11.5. The highest BCUT2D eigenvalue weighted by Crippen LogP contribution is 2.11. The zero-order valence-corrected chi connectivity index (χ0v) is 18.7. The first-order valence-electron chi connectivity index (χ1n) is 8.85. The van der Waals surface area contributed by atoms with Gasteiger partial charge in [0.2, 0.25) is 0 Å². The molecule has 0 fully saturated rings. The van der Waals surface area contributed by atoms with Crippen molar-refractivity contribution >= 4 is 29.9 Å². The Morgan fingerprint density at radius 3 is 2.42 bits per heavy atom. The largest absolute Gasteiger partial charge is 0.357 e. The lowest BCUT2D eigenvalue weighted by Crippen LogP contribution is -2.45. The third-order valence-electron chi connectivity index (χ3n) is 3.92. The van der Waals surface area contributed by atoms with E-state index in [9.17, 15) is 4.39 Å². The second kappa shape index (κ2) is 12.9. The Bertz CT molecular complexity index is 602. The lowest BCUT2D eigenvalue weighted by molar-refractivity contribution is 0.178. The van der Waals surface area contributed by atoms with Crippen LogP contribution >= 0.6 is 24.0 Å². The van der Waals surface area contributed by atoms with E-state index in [1.807, 2.05) is 13.0 Å². The number of nitrogens with zero attached hydrogens (tertiary/aromatic N) is 3. The molecule has 1 rings (SSSR count). The average Bonchev–Trinajstić information content (AvgIpc) is 2.56. The SMILES string of the molecule is CCNC(=NCc1cc(C#N)ccc1F)NCCN(C(C)C)C(C)C.I. The molecule has 5 nitrogen and oxygen atoms in total. The number of guanidine groups is 1. The molecule has 0 unspecified atom stereocenters. The first-order chi connectivity index (χ1) is 11.9. The van der Waals surface area contributed by atoms with Crippen LogP contribution in [-0.2, 0) is 6.54 Å². The minimum absolute atomic E-state index is 0. The van der Waals surface area contributed by atoms with E-state index in [0.717, 1.165) is 19.6 Å². The molecule has 0 spiro atoms. The van der Waals surface area contributed by atoms with Crippen LogP contribution in [0.25, 0.3) is 0 Å². The molecule has 0 saturated heterocycles. The van der Waals surface area contributed by atoms with E-state index in [1.54, 1.807) is 6.07 Å². The lowest BCUT2D eigenvalue weighted by atomic mass is 10.1. The van der Waals surface area contributed by atoms with Gasteiger partial charge < -0.3 is 10.6 Å². The highest BCUT2D eigenvalue weighted by atomic mass is 127. The molecule has 0 amide bonds. The maximum absolute atomic E-state index is 13.9. The van der Waals surface area contributed by atoms with Crippen LogP contribution in [-0.4, -0.2) is 42.6 Å². The molecule has 0 atom stereocenters. The van der Waals surface area contributed by atoms with Crippen molar-refractivity contribution in [3.05, 3.63) is 35.1 Å². The number of nitrogens with one attached hydrogen (secondary N) is 2. The van der Waals surface area contributed by atoms with Gasteiger partial charge >= 0.3 is 0 Å². The van der Waals surface area contributed by atoms with Gasteiger partial charge in [-0.15, -0.1) is 24.0 Å². The number of hydrogen-bond acceptors (Lipinski definition) is 3. The summed E-state index contributed by atoms with van der Waals surface area (Å²) in [4.78, 5) is 6.83. The molecule has 0 aliphatic carbocycles. The maximum atomic E-state index is 13.9. The van der Waals surface area contributed by atoms with E-state index in [1.165, 1.54) is 12.1 Å². The molecule has 2 N–H and O–H groups in total. The summed E-state index contributed by atoms with van der Waals surface area (Å²) in [6, 6.07) is 7.30. The summed E-state index contributed by atoms with van der Waals surface area (Å²) in [6.45, 7) is 13.3. The molecular weight excluding hydrogens is 444 g/mol. The summed E-state index contributed by atoms with van der Waals surface area (Å²) in [5, 5.41) is 15.4. The molecule has 0 bridgehead atoms. The van der Waals surface area contributed by atoms with Gasteiger partial charge in [-0.1, -0.05) is 0 Å². The third kappa shape index (κ3) is 8.32. The van der Waals surface area contributed by atoms with Gasteiger partial charge in [0.15, 0.2) is 5.96 Å². The van der Waals surface area contributed by atoms with Crippen LogP contribution in [0.4, 0.5) is 4.39 Å². The van der Waals surface area contributed by atoms with Crippen molar-refractivity contribution in [3.8, 4) is 6.07 Å². The second-order valence-electron chi connectivity index (χ2n) is 6.47. The number of rotatable bonds is 8. The Balaban J connectivity index is 0.00000625. The Hall–Kier alpha value is -1.40. The molecule has 0 aliphatic rings. The topological polar surface area (TPSA) is 63.5 Å². The quantitative estimate of drug-likeness (QED) is 0.343. The van der Waals surface area contributed by atoms with E-state index in [0.29, 0.717) is 29.2 Å². The summed E-state index contributed by atoms with van der Waals surface area (Å²) in [5.41, 5.74) is 0.858. The Kier molecular flexibility index (Phi) is 12.2. The number of halogens is 2. The van der Waals surface area contributed by atoms with Gasteiger partial charge in [0, 0.05) is 37.3 Å². The zero-order chi connectivity index (χ0) is 18.8. The predicted molar refractivity (Wildman–Crippen MR) is 116 cm³/mol. The van der Waals surface area contributed by atoms with Gasteiger partial charge in [0.1, 0.15) is 5.82 Å². The fourth-order valence-corrected chi connectivity index (χ4v) is 2.69. The van der Waals surface area contributed by atoms with Gasteiger partial charge in [-0.2, -0.15) is 5.26 Å². The molecule has 0 aromatic heterocycles. The van der Waals surface area contributed by atoms with Crippen molar-refractivity contribution in [2.24, 2.45) is 4.99 Å². The van der Waals surface area contributed by atoms with Crippen LogP contribution in [0, 0.1) is 17.1 Å². The van der Waals surface area contributed by atoms with E-state index in [4.69, 9.17) is 5.26 Å². The van der Waals surface area contributed by atoms with Crippen molar-refractivity contribution in [1.82, 2.24) is 15.5 Å². The summed E-state index contributed by atoms with van der Waals surface area (Å²) < 4.78 is 13.9. The number of benzene rings is 1. The molecule has 146 valence electrons. The van der Waals surface area contributed by atoms with Crippen molar-refractivity contribution in [2.75, 3.05) is 19.6 Å². The minimum atomic E-state index is -0.343. The molecule has 1 aromatic rings. The first kappa shape index (κ1) is 24.6. The van der Waals surface area contributed by atoms with Crippen LogP contribution in [0.15, 0.2) is 23.2 Å². The van der Waals surface area contributed by atoms with Gasteiger partial charge in [0.05, 0.1) is 18.2 Å². The number of aliphatic imine (C=N–C) groups is 1. The van der Waals surface area contributed by atoms with Crippen molar-refractivity contribution < 1.29 is 4.39 Å². The first-order valence-corrected chi connectivity index (χ1v) is 8.85. The second-order valence-corrected chi connectivity index (χ2v) is 6.47. The summed E-state index contributed by atoms with van der Waals surface area (Å²) in [7, 11) is 0. The highest BCUT2D eigenvalue weighted by Gasteiger charge is 2.12. The molecule has 0 heterocycles. The smallest absolute Gasteiger partial charge is 0.191 e. The zero-order valence-electron chi connectivity index (χ0n) is 16.3. The maximum Gasteiger partial charge on any atom is 0.191 e. The van der Waals surface area contributed by atoms with Crippen molar-refractivity contribution in [1.29, 1.82) is 5.26 Å². The van der Waals surface area contributed by atoms with E-state index < -0.39 is 0 Å². The average molecular weight is 475 g/mol. The highest BCUT2D eigenvalue weighted by molar-refractivity contribution is 14.0. The number of hydrogen-bond donors (Lipinski definition) is 2. The van der Waals surface area contributed by atoms with Gasteiger partial charge in [-0.25, -0.2) is 9.38 Å². The monoisotopic (exact) mass is 475 g/mol. The Morgan fingerprint density at radius 2 is 1.88 bits per heavy atom. The van der Waals surface area contributed by atoms with E-state index in [2.05, 4.69) is 48.2 Å². The van der Waals surface area contributed by atoms with Crippen LogP contribution in [0.3, 0.4) is 0 Å². The van der Waals surface area contributed by atoms with Crippen LogP contribution in [0.5, 0.6) is 0 Å². The van der Waals surface area contributed by atoms with Gasteiger partial charge in [-0.3, -0.25) is 4.90 Å². The molecule has 7 heteroatoms. The van der Waals surface area contributed by atoms with Gasteiger partial charge in [0.25, 0.3) is 0 Å². The third-order valence-corrected chi connectivity index (χ3v) is 3.92. The van der Waals surface area contributed by atoms with Crippen molar-refractivity contribution in [3.63, 3.8) is 0 Å². The Labute approximate surface area is 174 Å². The number of nitriles is 1. The fourth-order valence-electron chi connectivity index (χ4n) is 2.69. The summed E-state index contributed by atoms with van der Waals surface area (Å²) in [6.07, 6.45) is 0. The predicted octanol–water partition coefficient (Wildman–Crippen LogP) is 3.49.